The lowest BCUT2D eigenvalue weighted by Crippen LogP contribution is -2.52. The van der Waals surface area contributed by atoms with Gasteiger partial charge in [-0.05, 0) is 69.9 Å². The third-order valence-corrected chi connectivity index (χ3v) is 7.11. The van der Waals surface area contributed by atoms with Gasteiger partial charge in [-0.25, -0.2) is 0 Å². The van der Waals surface area contributed by atoms with Crippen LogP contribution in [-0.2, 0) is 9.47 Å². The highest BCUT2D eigenvalue weighted by atomic mass is 16.5. The van der Waals surface area contributed by atoms with Crippen LogP contribution in [0.15, 0.2) is 36.7 Å². The van der Waals surface area contributed by atoms with Crippen molar-refractivity contribution < 1.29 is 23.7 Å². The molecule has 4 rings (SSSR count). The van der Waals surface area contributed by atoms with Crippen molar-refractivity contribution in [2.45, 2.75) is 83.7 Å². The Balaban J connectivity index is 1.46. The topological polar surface area (TPSA) is 70.1 Å². The van der Waals surface area contributed by atoms with Crippen LogP contribution in [0, 0.1) is 6.92 Å². The highest BCUT2D eigenvalue weighted by Gasteiger charge is 2.45. The lowest BCUT2D eigenvalue weighted by Gasteiger charge is -2.48. The number of carbonyl (C=O) groups is 1. The van der Waals surface area contributed by atoms with Gasteiger partial charge in [-0.1, -0.05) is 6.92 Å². The molecule has 0 saturated carbocycles. The molecular formula is C29H40N2O5. The van der Waals surface area contributed by atoms with Crippen LogP contribution in [-0.4, -0.2) is 60.4 Å². The van der Waals surface area contributed by atoms with Gasteiger partial charge in [0.25, 0.3) is 5.91 Å². The molecule has 2 atom stereocenters. The van der Waals surface area contributed by atoms with E-state index in [4.69, 9.17) is 18.9 Å². The van der Waals surface area contributed by atoms with E-state index in [0.29, 0.717) is 18.7 Å². The number of hydrogen-bond donors (Lipinski definition) is 0. The highest BCUT2D eigenvalue weighted by Crippen LogP contribution is 2.44. The van der Waals surface area contributed by atoms with Crippen molar-refractivity contribution in [3.8, 4) is 11.5 Å². The molecule has 3 heterocycles. The quantitative estimate of drug-likeness (QED) is 0.480. The lowest BCUT2D eigenvalue weighted by molar-refractivity contribution is -0.191. The molecule has 0 radical (unpaired) electrons. The molecule has 2 aromatic rings. The minimum atomic E-state index is -0.313. The van der Waals surface area contributed by atoms with Gasteiger partial charge in [0.15, 0.2) is 0 Å². The summed E-state index contributed by atoms with van der Waals surface area (Å²) in [5.41, 5.74) is 2.38. The molecule has 2 aliphatic heterocycles. The van der Waals surface area contributed by atoms with Crippen LogP contribution in [0.5, 0.6) is 11.5 Å². The second-order valence-corrected chi connectivity index (χ2v) is 10.3. The number of benzene rings is 1. The Morgan fingerprint density at radius 2 is 2.00 bits per heavy atom. The van der Waals surface area contributed by atoms with Crippen molar-refractivity contribution in [1.29, 1.82) is 0 Å². The minimum absolute atomic E-state index is 0.0622. The fourth-order valence-corrected chi connectivity index (χ4v) is 5.26. The van der Waals surface area contributed by atoms with Crippen LogP contribution in [0.25, 0.3) is 0 Å². The third-order valence-electron chi connectivity index (χ3n) is 7.11. The zero-order valence-corrected chi connectivity index (χ0v) is 22.3. The third kappa shape index (κ3) is 6.19. The Labute approximate surface area is 215 Å². The number of carbonyl (C=O) groups excluding carboxylic acids is 1. The second-order valence-electron chi connectivity index (χ2n) is 10.3. The summed E-state index contributed by atoms with van der Waals surface area (Å²) in [5, 5.41) is 0. The highest BCUT2D eigenvalue weighted by molar-refractivity contribution is 5.94. The summed E-state index contributed by atoms with van der Waals surface area (Å²) in [6.07, 6.45) is 7.87. The monoisotopic (exact) mass is 496 g/mol. The summed E-state index contributed by atoms with van der Waals surface area (Å²) < 4.78 is 24.2. The first-order chi connectivity index (χ1) is 17.3. The van der Waals surface area contributed by atoms with E-state index in [9.17, 15) is 4.79 Å². The molecule has 0 bridgehead atoms. The summed E-state index contributed by atoms with van der Waals surface area (Å²) >= 11 is 0. The summed E-state index contributed by atoms with van der Waals surface area (Å²) in [7, 11) is 1.65. The Bertz CT molecular complexity index is 1030. The number of nitrogens with zero attached hydrogens (tertiary/aromatic N) is 2. The van der Waals surface area contributed by atoms with Gasteiger partial charge in [-0.3, -0.25) is 9.78 Å². The number of hydrogen-bond acceptors (Lipinski definition) is 6. The largest absolute Gasteiger partial charge is 0.495 e. The molecule has 7 nitrogen and oxygen atoms in total. The van der Waals surface area contributed by atoms with E-state index < -0.39 is 0 Å². The number of aromatic nitrogens is 1. The maximum Gasteiger partial charge on any atom is 0.253 e. The molecule has 2 saturated heterocycles. The average molecular weight is 497 g/mol. The van der Waals surface area contributed by atoms with E-state index in [2.05, 4.69) is 11.9 Å². The van der Waals surface area contributed by atoms with E-state index in [-0.39, 0.29) is 29.8 Å². The maximum atomic E-state index is 13.3. The van der Waals surface area contributed by atoms with Gasteiger partial charge >= 0.3 is 0 Å². The van der Waals surface area contributed by atoms with Crippen molar-refractivity contribution >= 4 is 5.91 Å². The molecule has 1 amide bonds. The van der Waals surface area contributed by atoms with Gasteiger partial charge in [0.05, 0.1) is 37.2 Å². The number of pyridine rings is 1. The van der Waals surface area contributed by atoms with Gasteiger partial charge in [-0.15, -0.1) is 0 Å². The van der Waals surface area contributed by atoms with E-state index in [1.54, 1.807) is 13.3 Å². The number of amides is 1. The number of ether oxygens (including phenoxy) is 4. The molecule has 2 aliphatic rings. The van der Waals surface area contributed by atoms with Gasteiger partial charge < -0.3 is 23.8 Å². The standard InChI is InChI=1S/C29H40N2O5/c1-6-13-34-24-16-27(23-15-25(33-5)19-30-18-23)36-29(17-24)9-11-31(12-10-29)28(32)22-7-8-26(21(4)14-22)35-20(2)3/h7-8,14-15,18-20,24,27H,6,9-13,16-17H2,1-5H3/t24-,27-/m0/s1. The van der Waals surface area contributed by atoms with E-state index >= 15 is 0 Å². The fourth-order valence-electron chi connectivity index (χ4n) is 5.26. The molecule has 7 heteroatoms. The average Bonchev–Trinajstić information content (AvgIpc) is 2.88. The molecule has 0 unspecified atom stereocenters. The molecule has 2 fully saturated rings. The molecule has 1 aromatic heterocycles. The van der Waals surface area contributed by atoms with Crippen LogP contribution in [0.2, 0.25) is 0 Å². The first-order valence-corrected chi connectivity index (χ1v) is 13.2. The predicted molar refractivity (Wildman–Crippen MR) is 139 cm³/mol. The lowest BCUT2D eigenvalue weighted by atomic mass is 9.80. The predicted octanol–water partition coefficient (Wildman–Crippen LogP) is 5.51. The number of methoxy groups -OCH3 is 1. The first kappa shape index (κ1) is 26.4. The molecule has 36 heavy (non-hydrogen) atoms. The molecular weight excluding hydrogens is 456 g/mol. The maximum absolute atomic E-state index is 13.3. The zero-order chi connectivity index (χ0) is 25.7. The van der Waals surface area contributed by atoms with E-state index in [1.807, 2.05) is 56.1 Å². The SMILES string of the molecule is CCCO[C@H]1C[C@@H](c2cncc(OC)c2)OC2(CCN(C(=O)c3ccc(OC(C)C)c(C)c3)CC2)C1. The van der Waals surface area contributed by atoms with E-state index in [1.165, 1.54) is 0 Å². The van der Waals surface area contributed by atoms with Crippen LogP contribution < -0.4 is 9.47 Å². The second kappa shape index (κ2) is 11.6. The number of likely N-dealkylation sites (tertiary alicyclic amines) is 1. The molecule has 1 spiro atoms. The van der Waals surface area contributed by atoms with Gasteiger partial charge in [0.2, 0.25) is 0 Å². The van der Waals surface area contributed by atoms with Gasteiger partial charge in [0, 0.05) is 49.9 Å². The van der Waals surface area contributed by atoms with Crippen molar-refractivity contribution in [2.75, 3.05) is 26.8 Å². The van der Waals surface area contributed by atoms with Crippen LogP contribution >= 0.6 is 0 Å². The van der Waals surface area contributed by atoms with Crippen molar-refractivity contribution in [3.63, 3.8) is 0 Å². The molecule has 196 valence electrons. The van der Waals surface area contributed by atoms with Crippen molar-refractivity contribution in [2.24, 2.45) is 0 Å². The van der Waals surface area contributed by atoms with E-state index in [0.717, 1.165) is 61.3 Å². The fraction of sp³-hybridized carbons (Fsp3) is 0.586. The van der Waals surface area contributed by atoms with Crippen molar-refractivity contribution in [1.82, 2.24) is 9.88 Å². The summed E-state index contributed by atoms with van der Waals surface area (Å²) in [4.78, 5) is 19.6. The summed E-state index contributed by atoms with van der Waals surface area (Å²) in [6.45, 7) is 10.2. The zero-order valence-electron chi connectivity index (χ0n) is 22.3. The molecule has 0 N–H and O–H groups in total. The molecule has 0 aliphatic carbocycles. The summed E-state index contributed by atoms with van der Waals surface area (Å²) in [5.74, 6) is 1.61. The van der Waals surface area contributed by atoms with Crippen LogP contribution in [0.4, 0.5) is 0 Å². The smallest absolute Gasteiger partial charge is 0.253 e. The van der Waals surface area contributed by atoms with Crippen LogP contribution in [0.3, 0.4) is 0 Å². The minimum Gasteiger partial charge on any atom is -0.495 e. The Morgan fingerprint density at radius 3 is 2.67 bits per heavy atom. The Kier molecular flexibility index (Phi) is 8.52. The van der Waals surface area contributed by atoms with Crippen molar-refractivity contribution in [3.05, 3.63) is 53.3 Å². The number of aryl methyl sites for hydroxylation is 1. The normalized spacial score (nSPS) is 21.6. The first-order valence-electron chi connectivity index (χ1n) is 13.2. The molecule has 1 aromatic carbocycles. The van der Waals surface area contributed by atoms with Gasteiger partial charge in [-0.2, -0.15) is 0 Å². The van der Waals surface area contributed by atoms with Crippen LogP contribution in [0.1, 0.15) is 80.5 Å². The number of piperidine rings is 1. The summed E-state index contributed by atoms with van der Waals surface area (Å²) in [6, 6.07) is 7.71. The Morgan fingerprint density at radius 1 is 1.22 bits per heavy atom. The van der Waals surface area contributed by atoms with Gasteiger partial charge in [0.1, 0.15) is 11.5 Å². The Hall–Kier alpha value is -2.64. The number of rotatable bonds is 8.